The number of ketones is 2. The second-order valence-electron chi connectivity index (χ2n) is 9.50. The van der Waals surface area contributed by atoms with Gasteiger partial charge in [-0.1, -0.05) is 19.4 Å². The predicted molar refractivity (Wildman–Crippen MR) is 93.7 cm³/mol. The number of rotatable bonds is 1. The van der Waals surface area contributed by atoms with Crippen LogP contribution in [0.15, 0.2) is 11.6 Å². The number of allylic oxidation sites excluding steroid dienone is 1. The average molecular weight is 346 g/mol. The molecule has 0 heterocycles. The first-order valence-corrected chi connectivity index (χ1v) is 9.79. The highest BCUT2D eigenvalue weighted by molar-refractivity contribution is 5.91. The van der Waals surface area contributed by atoms with E-state index in [1.54, 1.807) is 6.92 Å². The highest BCUT2D eigenvalue weighted by Crippen LogP contribution is 2.68. The quantitative estimate of drug-likeness (QED) is 0.766. The van der Waals surface area contributed by atoms with Crippen molar-refractivity contribution in [3.8, 4) is 0 Å². The van der Waals surface area contributed by atoms with E-state index in [4.69, 9.17) is 0 Å². The molecule has 0 amide bonds. The summed E-state index contributed by atoms with van der Waals surface area (Å²) in [6, 6.07) is 0. The Kier molecular flexibility index (Phi) is 3.66. The smallest absolute Gasteiger partial charge is 0.155 e. The summed E-state index contributed by atoms with van der Waals surface area (Å²) in [5, 5.41) is 22.7. The number of Topliss-reactive ketones (excluding diaryl/α,β-unsaturated/α-hetero) is 1. The Labute approximate surface area is 149 Å². The molecular weight excluding hydrogens is 316 g/mol. The second-order valence-corrected chi connectivity index (χ2v) is 9.50. The minimum absolute atomic E-state index is 0.000882. The number of carbonyl (C=O) groups excluding carboxylic acids is 2. The van der Waals surface area contributed by atoms with Crippen LogP contribution in [0.4, 0.5) is 0 Å². The lowest BCUT2D eigenvalue weighted by Crippen LogP contribution is -2.64. The van der Waals surface area contributed by atoms with Crippen LogP contribution in [0.3, 0.4) is 0 Å². The van der Waals surface area contributed by atoms with Gasteiger partial charge in [0.1, 0.15) is 5.78 Å². The molecule has 138 valence electrons. The van der Waals surface area contributed by atoms with Gasteiger partial charge in [0.05, 0.1) is 11.7 Å². The van der Waals surface area contributed by atoms with Gasteiger partial charge in [-0.05, 0) is 68.8 Å². The number of aliphatic hydroxyl groups excluding tert-OH is 1. The Bertz CT molecular complexity index is 667. The van der Waals surface area contributed by atoms with E-state index in [1.807, 2.05) is 13.0 Å². The summed E-state index contributed by atoms with van der Waals surface area (Å²) in [5.41, 5.74) is -0.543. The van der Waals surface area contributed by atoms with Crippen molar-refractivity contribution in [2.75, 3.05) is 0 Å². The third kappa shape index (κ3) is 2.01. The highest BCUT2D eigenvalue weighted by atomic mass is 16.3. The molecule has 2 N–H and O–H groups in total. The molecule has 0 spiro atoms. The van der Waals surface area contributed by atoms with Crippen LogP contribution < -0.4 is 0 Å². The van der Waals surface area contributed by atoms with E-state index in [0.29, 0.717) is 12.8 Å². The zero-order chi connectivity index (χ0) is 18.2. The molecule has 3 saturated carbocycles. The second kappa shape index (κ2) is 5.26. The van der Waals surface area contributed by atoms with Crippen LogP contribution in [0.1, 0.15) is 65.7 Å². The molecule has 0 radical (unpaired) electrons. The van der Waals surface area contributed by atoms with Gasteiger partial charge in [-0.2, -0.15) is 0 Å². The lowest BCUT2D eigenvalue weighted by molar-refractivity contribution is -0.216. The highest BCUT2D eigenvalue weighted by Gasteiger charge is 2.70. The molecule has 7 atom stereocenters. The summed E-state index contributed by atoms with van der Waals surface area (Å²) >= 11 is 0. The summed E-state index contributed by atoms with van der Waals surface area (Å²) in [7, 11) is 0. The van der Waals surface area contributed by atoms with Gasteiger partial charge >= 0.3 is 0 Å². The minimum atomic E-state index is -1.19. The van der Waals surface area contributed by atoms with Crippen molar-refractivity contribution in [2.24, 2.45) is 28.6 Å². The molecule has 0 aliphatic heterocycles. The lowest BCUT2D eigenvalue weighted by atomic mass is 9.45. The Balaban J connectivity index is 1.77. The van der Waals surface area contributed by atoms with Gasteiger partial charge in [-0.25, -0.2) is 0 Å². The molecule has 4 nitrogen and oxygen atoms in total. The summed E-state index contributed by atoms with van der Waals surface area (Å²) in [5.74, 6) is 0.329. The molecule has 0 aromatic rings. The molecule has 0 aromatic carbocycles. The van der Waals surface area contributed by atoms with Gasteiger partial charge < -0.3 is 10.2 Å². The van der Waals surface area contributed by atoms with E-state index in [9.17, 15) is 19.8 Å². The molecule has 4 rings (SSSR count). The largest absolute Gasteiger partial charge is 0.390 e. The van der Waals surface area contributed by atoms with Gasteiger partial charge in [0.15, 0.2) is 5.78 Å². The van der Waals surface area contributed by atoms with Crippen molar-refractivity contribution in [1.82, 2.24) is 0 Å². The fourth-order valence-corrected chi connectivity index (χ4v) is 7.20. The van der Waals surface area contributed by atoms with Crippen LogP contribution in [0.25, 0.3) is 0 Å². The molecule has 0 saturated heterocycles. The van der Waals surface area contributed by atoms with Crippen molar-refractivity contribution in [1.29, 1.82) is 0 Å². The van der Waals surface area contributed by atoms with E-state index >= 15 is 0 Å². The maximum Gasteiger partial charge on any atom is 0.155 e. The van der Waals surface area contributed by atoms with Crippen LogP contribution >= 0.6 is 0 Å². The summed E-state index contributed by atoms with van der Waals surface area (Å²) < 4.78 is 0. The Morgan fingerprint density at radius 3 is 2.56 bits per heavy atom. The Morgan fingerprint density at radius 1 is 1.16 bits per heavy atom. The first-order chi connectivity index (χ1) is 11.6. The normalized spacial score (nSPS) is 52.0. The van der Waals surface area contributed by atoms with Gasteiger partial charge in [-0.3, -0.25) is 9.59 Å². The Hall–Kier alpha value is -1.00. The van der Waals surface area contributed by atoms with E-state index < -0.39 is 17.1 Å². The summed E-state index contributed by atoms with van der Waals surface area (Å²) in [4.78, 5) is 24.1. The van der Waals surface area contributed by atoms with E-state index in [2.05, 4.69) is 6.92 Å². The first-order valence-electron chi connectivity index (χ1n) is 9.79. The molecule has 0 aromatic heterocycles. The molecule has 4 aliphatic carbocycles. The monoisotopic (exact) mass is 346 g/mol. The Morgan fingerprint density at radius 2 is 1.88 bits per heavy atom. The standard InChI is InChI=1S/C21H30O4/c1-12(22)17-11-18(24)21(25)16-5-4-13-10-14(23)6-8-19(13,2)15(16)7-9-20(17,21)3/h10,15-18,24-25H,4-9,11H2,1-3H3/t15-,16+,17+,18+,19-,20+,21-/m0/s1. The molecule has 0 bridgehead atoms. The summed E-state index contributed by atoms with van der Waals surface area (Å²) in [6.45, 7) is 5.86. The first kappa shape index (κ1) is 17.4. The molecule has 3 fully saturated rings. The number of aliphatic hydroxyl groups is 2. The van der Waals surface area contributed by atoms with Crippen LogP contribution in [0.2, 0.25) is 0 Å². The maximum atomic E-state index is 12.2. The minimum Gasteiger partial charge on any atom is -0.390 e. The predicted octanol–water partition coefficient (Wildman–Crippen LogP) is 2.81. The van der Waals surface area contributed by atoms with E-state index in [1.165, 1.54) is 5.57 Å². The molecular formula is C21H30O4. The molecule has 4 heteroatoms. The SMILES string of the molecule is CC(=O)[C@H]1C[C@@H](O)[C@@]2(O)[C@@H]3CCC4=CC(=O)CC[C@]4(C)[C@H]3CC[C@]12C. The van der Waals surface area contributed by atoms with Crippen molar-refractivity contribution in [3.05, 3.63) is 11.6 Å². The maximum absolute atomic E-state index is 12.2. The van der Waals surface area contributed by atoms with Gasteiger partial charge in [0, 0.05) is 17.8 Å². The van der Waals surface area contributed by atoms with Crippen molar-refractivity contribution < 1.29 is 19.8 Å². The van der Waals surface area contributed by atoms with Crippen LogP contribution in [0.5, 0.6) is 0 Å². The fourth-order valence-electron chi connectivity index (χ4n) is 7.20. The van der Waals surface area contributed by atoms with Gasteiger partial charge in [-0.15, -0.1) is 0 Å². The zero-order valence-corrected chi connectivity index (χ0v) is 15.5. The fraction of sp³-hybridized carbons (Fsp3) is 0.810. The van der Waals surface area contributed by atoms with Crippen molar-refractivity contribution in [3.63, 3.8) is 0 Å². The lowest BCUT2D eigenvalue weighted by Gasteiger charge is -2.61. The summed E-state index contributed by atoms with van der Waals surface area (Å²) in [6.07, 6.45) is 6.16. The third-order valence-electron chi connectivity index (χ3n) is 8.67. The van der Waals surface area contributed by atoms with Crippen LogP contribution in [-0.2, 0) is 9.59 Å². The topological polar surface area (TPSA) is 74.6 Å². The molecule has 4 aliphatic rings. The van der Waals surface area contributed by atoms with Crippen LogP contribution in [0, 0.1) is 28.6 Å². The zero-order valence-electron chi connectivity index (χ0n) is 15.5. The van der Waals surface area contributed by atoms with E-state index in [0.717, 1.165) is 32.1 Å². The van der Waals surface area contributed by atoms with Crippen LogP contribution in [-0.4, -0.2) is 33.5 Å². The average Bonchev–Trinajstić information content (AvgIpc) is 2.76. The number of carbonyl (C=O) groups is 2. The van der Waals surface area contributed by atoms with E-state index in [-0.39, 0.29) is 34.7 Å². The van der Waals surface area contributed by atoms with Crippen molar-refractivity contribution in [2.45, 2.75) is 77.4 Å². The third-order valence-corrected chi connectivity index (χ3v) is 8.67. The molecule has 0 unspecified atom stereocenters. The number of fused-ring (bicyclic) bond motifs is 5. The van der Waals surface area contributed by atoms with Gasteiger partial charge in [0.25, 0.3) is 0 Å². The van der Waals surface area contributed by atoms with Gasteiger partial charge in [0.2, 0.25) is 0 Å². The number of hydrogen-bond donors (Lipinski definition) is 2. The number of hydrogen-bond acceptors (Lipinski definition) is 4. The van der Waals surface area contributed by atoms with Crippen molar-refractivity contribution >= 4 is 11.6 Å². The molecule has 25 heavy (non-hydrogen) atoms.